The molecule has 1 atom stereocenters. The van der Waals surface area contributed by atoms with E-state index in [1.165, 1.54) is 0 Å². The van der Waals surface area contributed by atoms with Crippen molar-refractivity contribution in [3.63, 3.8) is 0 Å². The van der Waals surface area contributed by atoms with Gasteiger partial charge < -0.3 is 15.0 Å². The highest BCUT2D eigenvalue weighted by molar-refractivity contribution is 5.68. The number of nitrogens with one attached hydrogen (secondary N) is 1. The SMILES string of the molecule is C=CCOC(=O)N1CCNCC1C(C)C. The van der Waals surface area contributed by atoms with Gasteiger partial charge in [0.15, 0.2) is 0 Å². The van der Waals surface area contributed by atoms with E-state index >= 15 is 0 Å². The van der Waals surface area contributed by atoms with Gasteiger partial charge in [0.05, 0.1) is 0 Å². The molecule has 0 aromatic rings. The highest BCUT2D eigenvalue weighted by Crippen LogP contribution is 2.13. The molecule has 4 nitrogen and oxygen atoms in total. The van der Waals surface area contributed by atoms with E-state index in [2.05, 4.69) is 25.7 Å². The van der Waals surface area contributed by atoms with Gasteiger partial charge in [0.1, 0.15) is 6.61 Å². The van der Waals surface area contributed by atoms with Gasteiger partial charge in [-0.25, -0.2) is 4.79 Å². The summed E-state index contributed by atoms with van der Waals surface area (Å²) >= 11 is 0. The molecular weight excluding hydrogens is 192 g/mol. The van der Waals surface area contributed by atoms with E-state index in [1.807, 2.05) is 4.90 Å². The van der Waals surface area contributed by atoms with Crippen molar-refractivity contribution in [3.05, 3.63) is 12.7 Å². The second-order valence-electron chi connectivity index (χ2n) is 4.07. The first-order chi connectivity index (χ1) is 7.16. The van der Waals surface area contributed by atoms with Crippen LogP contribution in [0.1, 0.15) is 13.8 Å². The van der Waals surface area contributed by atoms with E-state index in [9.17, 15) is 4.79 Å². The third kappa shape index (κ3) is 3.23. The molecule has 1 N–H and O–H groups in total. The summed E-state index contributed by atoms with van der Waals surface area (Å²) in [5.74, 6) is 0.439. The normalized spacial score (nSPS) is 21.5. The lowest BCUT2D eigenvalue weighted by Crippen LogP contribution is -2.55. The topological polar surface area (TPSA) is 41.6 Å². The van der Waals surface area contributed by atoms with Crippen LogP contribution in [-0.4, -0.2) is 43.3 Å². The Morgan fingerprint density at radius 1 is 1.73 bits per heavy atom. The minimum Gasteiger partial charge on any atom is -0.445 e. The van der Waals surface area contributed by atoms with Gasteiger partial charge in [-0.15, -0.1) is 0 Å². The predicted octanol–water partition coefficient (Wildman–Crippen LogP) is 1.24. The molecule has 0 bridgehead atoms. The van der Waals surface area contributed by atoms with Crippen molar-refractivity contribution >= 4 is 6.09 Å². The fraction of sp³-hybridized carbons (Fsp3) is 0.727. The average molecular weight is 212 g/mol. The third-order valence-corrected chi connectivity index (χ3v) is 2.61. The first-order valence-electron chi connectivity index (χ1n) is 5.41. The third-order valence-electron chi connectivity index (χ3n) is 2.61. The highest BCUT2D eigenvalue weighted by atomic mass is 16.6. The summed E-state index contributed by atoms with van der Waals surface area (Å²) in [5.41, 5.74) is 0. The fourth-order valence-electron chi connectivity index (χ4n) is 1.76. The number of hydrogen-bond donors (Lipinski definition) is 1. The summed E-state index contributed by atoms with van der Waals surface area (Å²) in [6, 6.07) is 0.232. The molecule has 15 heavy (non-hydrogen) atoms. The van der Waals surface area contributed by atoms with E-state index < -0.39 is 0 Å². The smallest absolute Gasteiger partial charge is 0.410 e. The number of ether oxygens (including phenoxy) is 1. The monoisotopic (exact) mass is 212 g/mol. The molecule has 0 aromatic heterocycles. The number of carbonyl (C=O) groups excluding carboxylic acids is 1. The predicted molar refractivity (Wildman–Crippen MR) is 59.7 cm³/mol. The zero-order valence-electron chi connectivity index (χ0n) is 9.53. The Labute approximate surface area is 91.3 Å². The average Bonchev–Trinajstić information content (AvgIpc) is 2.25. The first kappa shape index (κ1) is 12.0. The van der Waals surface area contributed by atoms with Gasteiger partial charge in [-0.1, -0.05) is 26.5 Å². The Balaban J connectivity index is 2.55. The number of amides is 1. The molecule has 1 fully saturated rings. The molecule has 1 saturated heterocycles. The standard InChI is InChI=1S/C11H20N2O2/c1-4-7-15-11(14)13-6-5-12-8-10(13)9(2)3/h4,9-10,12H,1,5-8H2,2-3H3. The second kappa shape index (κ2) is 5.75. The Kier molecular flexibility index (Phi) is 4.62. The number of piperazine rings is 1. The molecule has 0 aromatic carbocycles. The molecule has 0 radical (unpaired) electrons. The van der Waals surface area contributed by atoms with Gasteiger partial charge in [0.25, 0.3) is 0 Å². The molecular formula is C11H20N2O2. The zero-order valence-corrected chi connectivity index (χ0v) is 9.53. The molecule has 0 spiro atoms. The van der Waals surface area contributed by atoms with Crippen molar-refractivity contribution in [1.29, 1.82) is 0 Å². The van der Waals surface area contributed by atoms with Gasteiger partial charge in [-0.3, -0.25) is 0 Å². The molecule has 1 unspecified atom stereocenters. The molecule has 1 aliphatic rings. The summed E-state index contributed by atoms with van der Waals surface area (Å²) in [4.78, 5) is 13.5. The van der Waals surface area contributed by atoms with Gasteiger partial charge in [-0.05, 0) is 5.92 Å². The van der Waals surface area contributed by atoms with Crippen molar-refractivity contribution in [2.75, 3.05) is 26.2 Å². The maximum atomic E-state index is 11.7. The van der Waals surface area contributed by atoms with Crippen LogP contribution in [0, 0.1) is 5.92 Å². The van der Waals surface area contributed by atoms with E-state index in [1.54, 1.807) is 6.08 Å². The largest absolute Gasteiger partial charge is 0.445 e. The van der Waals surface area contributed by atoms with Crippen LogP contribution >= 0.6 is 0 Å². The van der Waals surface area contributed by atoms with Gasteiger partial charge in [-0.2, -0.15) is 0 Å². The lowest BCUT2D eigenvalue weighted by Gasteiger charge is -2.37. The van der Waals surface area contributed by atoms with Crippen molar-refractivity contribution in [3.8, 4) is 0 Å². The Bertz CT molecular complexity index is 229. The number of hydrogen-bond acceptors (Lipinski definition) is 3. The summed E-state index contributed by atoms with van der Waals surface area (Å²) in [5, 5.41) is 3.29. The Hall–Kier alpha value is -1.03. The first-order valence-corrected chi connectivity index (χ1v) is 5.41. The van der Waals surface area contributed by atoms with Gasteiger partial charge >= 0.3 is 6.09 Å². The number of nitrogens with zero attached hydrogens (tertiary/aromatic N) is 1. The Morgan fingerprint density at radius 3 is 3.07 bits per heavy atom. The van der Waals surface area contributed by atoms with Gasteiger partial charge in [0.2, 0.25) is 0 Å². The van der Waals surface area contributed by atoms with Crippen molar-refractivity contribution < 1.29 is 9.53 Å². The summed E-state index contributed by atoms with van der Waals surface area (Å²) in [7, 11) is 0. The van der Waals surface area contributed by atoms with Crippen molar-refractivity contribution in [2.45, 2.75) is 19.9 Å². The lowest BCUT2D eigenvalue weighted by atomic mass is 10.0. The molecule has 4 heteroatoms. The maximum absolute atomic E-state index is 11.7. The van der Waals surface area contributed by atoms with Crippen LogP contribution < -0.4 is 5.32 Å². The van der Waals surface area contributed by atoms with E-state index in [0.29, 0.717) is 5.92 Å². The number of carbonyl (C=O) groups is 1. The van der Waals surface area contributed by atoms with Crippen LogP contribution in [0.5, 0.6) is 0 Å². The van der Waals surface area contributed by atoms with Crippen molar-refractivity contribution in [2.24, 2.45) is 5.92 Å². The van der Waals surface area contributed by atoms with Gasteiger partial charge in [0, 0.05) is 25.7 Å². The molecule has 1 rings (SSSR count). The van der Waals surface area contributed by atoms with Crippen LogP contribution in [0.15, 0.2) is 12.7 Å². The molecule has 0 aliphatic carbocycles. The van der Waals surface area contributed by atoms with Crippen LogP contribution in [0.3, 0.4) is 0 Å². The van der Waals surface area contributed by atoms with Crippen LogP contribution in [0.4, 0.5) is 4.79 Å². The van der Waals surface area contributed by atoms with E-state index in [4.69, 9.17) is 4.74 Å². The lowest BCUT2D eigenvalue weighted by molar-refractivity contribution is 0.0728. The quantitative estimate of drug-likeness (QED) is 0.716. The van der Waals surface area contributed by atoms with Crippen LogP contribution in [0.25, 0.3) is 0 Å². The summed E-state index contributed by atoms with van der Waals surface area (Å²) < 4.78 is 5.05. The van der Waals surface area contributed by atoms with Crippen molar-refractivity contribution in [1.82, 2.24) is 10.2 Å². The van der Waals surface area contributed by atoms with E-state index in [-0.39, 0.29) is 18.7 Å². The maximum Gasteiger partial charge on any atom is 0.410 e. The molecule has 1 heterocycles. The molecule has 0 saturated carbocycles. The highest BCUT2D eigenvalue weighted by Gasteiger charge is 2.29. The van der Waals surface area contributed by atoms with E-state index in [0.717, 1.165) is 19.6 Å². The molecule has 1 amide bonds. The minimum atomic E-state index is -0.227. The zero-order chi connectivity index (χ0) is 11.3. The molecule has 86 valence electrons. The summed E-state index contributed by atoms with van der Waals surface area (Å²) in [6.07, 6.45) is 1.36. The fourth-order valence-corrected chi connectivity index (χ4v) is 1.76. The molecule has 1 aliphatic heterocycles. The van der Waals surface area contributed by atoms with Crippen LogP contribution in [-0.2, 0) is 4.74 Å². The Morgan fingerprint density at radius 2 is 2.47 bits per heavy atom. The second-order valence-corrected chi connectivity index (χ2v) is 4.07. The minimum absolute atomic E-state index is 0.227. The van der Waals surface area contributed by atoms with Crippen LogP contribution in [0.2, 0.25) is 0 Å². The summed E-state index contributed by atoms with van der Waals surface area (Å²) in [6.45, 7) is 10.5. The number of rotatable bonds is 3.